The standard InChI is InChI=1S/C15H28N4/c1-12(2)8-14-10-19(15(3,4)11-16-14)9-13-6-7-18(5)17-13/h6-7,12,14,16H,8-11H2,1-5H3. The Hall–Kier alpha value is -0.870. The maximum atomic E-state index is 4.51. The molecule has 1 aliphatic heterocycles. The average Bonchev–Trinajstić information content (AvgIpc) is 2.69. The molecule has 0 saturated carbocycles. The third-order valence-electron chi connectivity index (χ3n) is 4.00. The quantitative estimate of drug-likeness (QED) is 0.903. The topological polar surface area (TPSA) is 33.1 Å². The molecule has 2 heterocycles. The molecule has 1 fully saturated rings. The fourth-order valence-corrected chi connectivity index (χ4v) is 2.83. The van der Waals surface area contributed by atoms with Crippen molar-refractivity contribution in [1.82, 2.24) is 20.0 Å². The molecule has 1 aliphatic rings. The largest absolute Gasteiger partial charge is 0.311 e. The summed E-state index contributed by atoms with van der Waals surface area (Å²) in [5, 5.41) is 8.21. The molecule has 1 aromatic heterocycles. The highest BCUT2D eigenvalue weighted by Crippen LogP contribution is 2.23. The Morgan fingerprint density at radius 2 is 2.21 bits per heavy atom. The second-order valence-electron chi connectivity index (χ2n) is 6.88. The van der Waals surface area contributed by atoms with Gasteiger partial charge in [-0.1, -0.05) is 13.8 Å². The number of hydrogen-bond acceptors (Lipinski definition) is 3. The summed E-state index contributed by atoms with van der Waals surface area (Å²) < 4.78 is 1.89. The summed E-state index contributed by atoms with van der Waals surface area (Å²) in [5.74, 6) is 0.746. The van der Waals surface area contributed by atoms with Gasteiger partial charge in [0.15, 0.2) is 0 Å². The van der Waals surface area contributed by atoms with Crippen molar-refractivity contribution in [2.45, 2.75) is 52.2 Å². The summed E-state index contributed by atoms with van der Waals surface area (Å²) in [6.45, 7) is 12.3. The zero-order valence-electron chi connectivity index (χ0n) is 13.0. The molecule has 19 heavy (non-hydrogen) atoms. The Labute approximate surface area is 117 Å². The summed E-state index contributed by atoms with van der Waals surface area (Å²) >= 11 is 0. The van der Waals surface area contributed by atoms with E-state index in [1.807, 2.05) is 17.9 Å². The molecule has 0 amide bonds. The number of hydrogen-bond donors (Lipinski definition) is 1. The summed E-state index contributed by atoms with van der Waals surface area (Å²) in [6.07, 6.45) is 3.27. The van der Waals surface area contributed by atoms with E-state index in [-0.39, 0.29) is 5.54 Å². The van der Waals surface area contributed by atoms with E-state index in [9.17, 15) is 0 Å². The molecule has 1 N–H and O–H groups in total. The van der Waals surface area contributed by atoms with E-state index >= 15 is 0 Å². The Bertz CT molecular complexity index is 408. The smallest absolute Gasteiger partial charge is 0.0764 e. The Morgan fingerprint density at radius 3 is 2.79 bits per heavy atom. The lowest BCUT2D eigenvalue weighted by Crippen LogP contribution is -2.61. The summed E-state index contributed by atoms with van der Waals surface area (Å²) in [5.41, 5.74) is 1.37. The summed E-state index contributed by atoms with van der Waals surface area (Å²) in [4.78, 5) is 2.57. The molecule has 1 atom stereocenters. The first kappa shape index (κ1) is 14.5. The van der Waals surface area contributed by atoms with E-state index in [0.29, 0.717) is 6.04 Å². The third-order valence-corrected chi connectivity index (χ3v) is 4.00. The van der Waals surface area contributed by atoms with Gasteiger partial charge in [-0.3, -0.25) is 9.58 Å². The van der Waals surface area contributed by atoms with Crippen LogP contribution in [0.5, 0.6) is 0 Å². The zero-order chi connectivity index (χ0) is 14.0. The molecule has 0 spiro atoms. The van der Waals surface area contributed by atoms with Crippen molar-refractivity contribution < 1.29 is 0 Å². The lowest BCUT2D eigenvalue weighted by molar-refractivity contribution is 0.0523. The van der Waals surface area contributed by atoms with E-state index in [4.69, 9.17) is 0 Å². The monoisotopic (exact) mass is 264 g/mol. The highest BCUT2D eigenvalue weighted by molar-refractivity contribution is 5.02. The molecule has 4 nitrogen and oxygen atoms in total. The number of piperazine rings is 1. The average molecular weight is 264 g/mol. The van der Waals surface area contributed by atoms with Gasteiger partial charge in [0.1, 0.15) is 0 Å². The van der Waals surface area contributed by atoms with Crippen molar-refractivity contribution >= 4 is 0 Å². The van der Waals surface area contributed by atoms with Crippen LogP contribution in [0.2, 0.25) is 0 Å². The summed E-state index contributed by atoms with van der Waals surface area (Å²) in [7, 11) is 1.98. The van der Waals surface area contributed by atoms with Crippen LogP contribution in [0.25, 0.3) is 0 Å². The van der Waals surface area contributed by atoms with Crippen molar-refractivity contribution in [2.75, 3.05) is 13.1 Å². The number of nitrogens with one attached hydrogen (secondary N) is 1. The van der Waals surface area contributed by atoms with Gasteiger partial charge in [-0.25, -0.2) is 0 Å². The maximum absolute atomic E-state index is 4.51. The Balaban J connectivity index is 2.02. The van der Waals surface area contributed by atoms with Crippen LogP contribution in [0.15, 0.2) is 12.3 Å². The van der Waals surface area contributed by atoms with Crippen LogP contribution in [0.3, 0.4) is 0 Å². The fraction of sp³-hybridized carbons (Fsp3) is 0.800. The molecule has 4 heteroatoms. The van der Waals surface area contributed by atoms with Gasteiger partial charge in [0.25, 0.3) is 0 Å². The van der Waals surface area contributed by atoms with Crippen LogP contribution >= 0.6 is 0 Å². The molecule has 0 aromatic carbocycles. The van der Waals surface area contributed by atoms with E-state index in [1.54, 1.807) is 0 Å². The zero-order valence-corrected chi connectivity index (χ0v) is 13.0. The van der Waals surface area contributed by atoms with Crippen molar-refractivity contribution in [3.05, 3.63) is 18.0 Å². The Morgan fingerprint density at radius 1 is 1.47 bits per heavy atom. The normalized spacial score (nSPS) is 24.0. The van der Waals surface area contributed by atoms with Gasteiger partial charge in [-0.05, 0) is 32.3 Å². The number of nitrogens with zero attached hydrogens (tertiary/aromatic N) is 3. The number of aryl methyl sites for hydroxylation is 1. The number of aromatic nitrogens is 2. The molecule has 2 rings (SSSR count). The van der Waals surface area contributed by atoms with E-state index in [2.05, 4.69) is 49.1 Å². The van der Waals surface area contributed by atoms with Gasteiger partial charge in [-0.2, -0.15) is 5.10 Å². The summed E-state index contributed by atoms with van der Waals surface area (Å²) in [6, 6.07) is 2.73. The van der Waals surface area contributed by atoms with Gasteiger partial charge in [0, 0.05) is 44.5 Å². The van der Waals surface area contributed by atoms with Gasteiger partial charge in [0.2, 0.25) is 0 Å². The first-order valence-corrected chi connectivity index (χ1v) is 7.34. The molecule has 1 unspecified atom stereocenters. The van der Waals surface area contributed by atoms with Crippen LogP contribution in [0, 0.1) is 5.92 Å². The Kier molecular flexibility index (Phi) is 4.31. The highest BCUT2D eigenvalue weighted by Gasteiger charge is 2.34. The minimum absolute atomic E-state index is 0.199. The molecular weight excluding hydrogens is 236 g/mol. The van der Waals surface area contributed by atoms with Crippen LogP contribution < -0.4 is 5.32 Å². The van der Waals surface area contributed by atoms with Crippen molar-refractivity contribution in [2.24, 2.45) is 13.0 Å². The van der Waals surface area contributed by atoms with Gasteiger partial charge in [0.05, 0.1) is 5.69 Å². The van der Waals surface area contributed by atoms with Crippen molar-refractivity contribution in [3.63, 3.8) is 0 Å². The van der Waals surface area contributed by atoms with Crippen molar-refractivity contribution in [1.29, 1.82) is 0 Å². The van der Waals surface area contributed by atoms with E-state index in [1.165, 1.54) is 12.1 Å². The molecule has 1 aromatic rings. The van der Waals surface area contributed by atoms with E-state index < -0.39 is 0 Å². The maximum Gasteiger partial charge on any atom is 0.0764 e. The van der Waals surface area contributed by atoms with Gasteiger partial charge < -0.3 is 5.32 Å². The second-order valence-corrected chi connectivity index (χ2v) is 6.88. The first-order valence-electron chi connectivity index (χ1n) is 7.34. The SMILES string of the molecule is CC(C)CC1CN(Cc2ccn(C)n2)C(C)(C)CN1. The first-order chi connectivity index (χ1) is 8.87. The lowest BCUT2D eigenvalue weighted by Gasteiger charge is -2.46. The van der Waals surface area contributed by atoms with Crippen LogP contribution in [-0.4, -0.2) is 39.4 Å². The predicted molar refractivity (Wildman–Crippen MR) is 78.9 cm³/mol. The molecule has 0 aliphatic carbocycles. The molecule has 108 valence electrons. The van der Waals surface area contributed by atoms with Crippen LogP contribution in [0.1, 0.15) is 39.8 Å². The molecule has 0 radical (unpaired) electrons. The lowest BCUT2D eigenvalue weighted by atomic mass is 9.93. The van der Waals surface area contributed by atoms with Gasteiger partial charge >= 0.3 is 0 Å². The molecule has 0 bridgehead atoms. The minimum atomic E-state index is 0.199. The van der Waals surface area contributed by atoms with Crippen molar-refractivity contribution in [3.8, 4) is 0 Å². The fourth-order valence-electron chi connectivity index (χ4n) is 2.83. The highest BCUT2D eigenvalue weighted by atomic mass is 15.3. The predicted octanol–water partition coefficient (Wildman–Crippen LogP) is 2.02. The van der Waals surface area contributed by atoms with Gasteiger partial charge in [-0.15, -0.1) is 0 Å². The van der Waals surface area contributed by atoms with Crippen LogP contribution in [-0.2, 0) is 13.6 Å². The number of rotatable bonds is 4. The second kappa shape index (κ2) is 5.63. The van der Waals surface area contributed by atoms with Crippen LogP contribution in [0.4, 0.5) is 0 Å². The molecule has 1 saturated heterocycles. The molecular formula is C15H28N4. The van der Waals surface area contributed by atoms with E-state index in [0.717, 1.165) is 25.6 Å². The minimum Gasteiger partial charge on any atom is -0.311 e. The third kappa shape index (κ3) is 3.80.